The van der Waals surface area contributed by atoms with Gasteiger partial charge in [0.15, 0.2) is 0 Å². The summed E-state index contributed by atoms with van der Waals surface area (Å²) >= 11 is 0. The number of nitriles is 1. The number of aryl methyl sites for hydroxylation is 1. The van der Waals surface area contributed by atoms with Crippen LogP contribution in [-0.4, -0.2) is 8.42 Å². The molecule has 0 bridgehead atoms. The predicted molar refractivity (Wildman–Crippen MR) is 95.4 cm³/mol. The quantitative estimate of drug-likeness (QED) is 0.505. The van der Waals surface area contributed by atoms with Crippen LogP contribution in [0, 0.1) is 11.3 Å². The molecule has 26 heavy (non-hydrogen) atoms. The zero-order valence-corrected chi connectivity index (χ0v) is 14.7. The summed E-state index contributed by atoms with van der Waals surface area (Å²) in [6, 6.07) is 13.4. The van der Waals surface area contributed by atoms with Crippen LogP contribution in [0.15, 0.2) is 62.6 Å². The number of fused-ring (bicyclic) bond motifs is 1. The molecule has 0 saturated carbocycles. The largest absolute Gasteiger partial charge is 0.423 e. The predicted octanol–water partition coefficient (Wildman–Crippen LogP) is 3.38. The number of hydrogen-bond acceptors (Lipinski definition) is 6. The lowest BCUT2D eigenvalue weighted by Gasteiger charge is -2.09. The molecule has 0 aliphatic carbocycles. The van der Waals surface area contributed by atoms with Crippen LogP contribution in [0.3, 0.4) is 0 Å². The van der Waals surface area contributed by atoms with E-state index < -0.39 is 15.7 Å². The van der Waals surface area contributed by atoms with E-state index in [4.69, 9.17) is 13.9 Å². The molecule has 3 aromatic rings. The first kappa shape index (κ1) is 17.7. The molecule has 2 aromatic carbocycles. The summed E-state index contributed by atoms with van der Waals surface area (Å²) in [7, 11) is -4.12. The van der Waals surface area contributed by atoms with Crippen LogP contribution in [0.4, 0.5) is 0 Å². The molecule has 3 rings (SSSR count). The van der Waals surface area contributed by atoms with Gasteiger partial charge in [-0.25, -0.2) is 4.79 Å². The fourth-order valence-electron chi connectivity index (χ4n) is 2.63. The van der Waals surface area contributed by atoms with Crippen molar-refractivity contribution in [3.63, 3.8) is 0 Å². The van der Waals surface area contributed by atoms with E-state index in [2.05, 4.69) is 0 Å². The summed E-state index contributed by atoms with van der Waals surface area (Å²) in [6.07, 6.45) is 1.57. The van der Waals surface area contributed by atoms with Crippen LogP contribution in [0.25, 0.3) is 11.0 Å². The van der Waals surface area contributed by atoms with Crippen LogP contribution < -0.4 is 9.81 Å². The molecule has 0 N–H and O–H groups in total. The van der Waals surface area contributed by atoms with Gasteiger partial charge in [-0.3, -0.25) is 0 Å². The highest BCUT2D eigenvalue weighted by Gasteiger charge is 2.18. The average molecular weight is 369 g/mol. The Morgan fingerprint density at radius 1 is 1.15 bits per heavy atom. The van der Waals surface area contributed by atoms with Gasteiger partial charge in [-0.05, 0) is 42.3 Å². The molecule has 0 aliphatic heterocycles. The smallest absolute Gasteiger partial charge is 0.339 e. The van der Waals surface area contributed by atoms with Gasteiger partial charge in [-0.2, -0.15) is 13.7 Å². The maximum atomic E-state index is 12.4. The van der Waals surface area contributed by atoms with E-state index in [1.54, 1.807) is 6.07 Å². The molecule has 0 aliphatic rings. The molecule has 132 valence electrons. The van der Waals surface area contributed by atoms with Gasteiger partial charge < -0.3 is 8.60 Å². The van der Waals surface area contributed by atoms with E-state index in [0.717, 1.165) is 17.4 Å². The summed E-state index contributed by atoms with van der Waals surface area (Å²) in [4.78, 5) is 11.6. The summed E-state index contributed by atoms with van der Waals surface area (Å²) in [5.41, 5.74) is 0.820. The van der Waals surface area contributed by atoms with Crippen LogP contribution in [0.5, 0.6) is 5.75 Å². The Kier molecular flexibility index (Phi) is 4.78. The zero-order valence-electron chi connectivity index (χ0n) is 13.9. The van der Waals surface area contributed by atoms with Gasteiger partial charge in [0.2, 0.25) is 0 Å². The molecule has 1 aromatic heterocycles. The molecule has 0 atom stereocenters. The van der Waals surface area contributed by atoms with Gasteiger partial charge in [0.1, 0.15) is 16.2 Å². The molecular formula is C19H15NO5S. The summed E-state index contributed by atoms with van der Waals surface area (Å²) in [5, 5.41) is 9.64. The third-order valence-electron chi connectivity index (χ3n) is 3.78. The highest BCUT2D eigenvalue weighted by atomic mass is 32.2. The number of hydrogen-bond donors (Lipinski definition) is 0. The molecule has 0 amide bonds. The van der Waals surface area contributed by atoms with E-state index in [0.29, 0.717) is 6.42 Å². The van der Waals surface area contributed by atoms with E-state index >= 15 is 0 Å². The zero-order chi connectivity index (χ0) is 18.7. The Morgan fingerprint density at radius 2 is 1.96 bits per heavy atom. The lowest BCUT2D eigenvalue weighted by atomic mass is 10.1. The molecule has 0 unspecified atom stereocenters. The third-order valence-corrected chi connectivity index (χ3v) is 5.02. The van der Waals surface area contributed by atoms with Gasteiger partial charge in [0.25, 0.3) is 0 Å². The SMILES string of the molecule is CCCc1cc(=O)oc2cc(OS(=O)(=O)c3cccc(C#N)c3)ccc12. The van der Waals surface area contributed by atoms with Crippen molar-refractivity contribution < 1.29 is 17.0 Å². The Balaban J connectivity index is 2.01. The van der Waals surface area contributed by atoms with Crippen molar-refractivity contribution in [2.45, 2.75) is 24.7 Å². The van der Waals surface area contributed by atoms with Crippen molar-refractivity contribution in [1.82, 2.24) is 0 Å². The van der Waals surface area contributed by atoms with Crippen LogP contribution >= 0.6 is 0 Å². The molecule has 0 saturated heterocycles. The van der Waals surface area contributed by atoms with Crippen molar-refractivity contribution in [2.75, 3.05) is 0 Å². The first-order valence-electron chi connectivity index (χ1n) is 7.94. The first-order valence-corrected chi connectivity index (χ1v) is 9.35. The van der Waals surface area contributed by atoms with Crippen LogP contribution in [0.1, 0.15) is 24.5 Å². The standard InChI is InChI=1S/C19H15NO5S/c1-2-4-14-10-19(21)24-18-11-15(7-8-17(14)18)25-26(22,23)16-6-3-5-13(9-16)12-20/h3,5-11H,2,4H2,1H3. The lowest BCUT2D eigenvalue weighted by Crippen LogP contribution is -2.10. The van der Waals surface area contributed by atoms with Crippen molar-refractivity contribution >= 4 is 21.1 Å². The number of rotatable bonds is 5. The average Bonchev–Trinajstić information content (AvgIpc) is 2.61. The summed E-state index contributed by atoms with van der Waals surface area (Å²) in [5.74, 6) is 0.0247. The van der Waals surface area contributed by atoms with Gasteiger partial charge >= 0.3 is 15.7 Å². The molecular weight excluding hydrogens is 354 g/mol. The second kappa shape index (κ2) is 7.02. The van der Waals surface area contributed by atoms with Crippen LogP contribution in [0.2, 0.25) is 0 Å². The van der Waals surface area contributed by atoms with E-state index in [9.17, 15) is 13.2 Å². The Morgan fingerprint density at radius 3 is 2.69 bits per heavy atom. The minimum atomic E-state index is -4.12. The minimum absolute atomic E-state index is 0.0247. The van der Waals surface area contributed by atoms with Gasteiger partial charge in [0, 0.05) is 17.5 Å². The molecule has 6 nitrogen and oxygen atoms in total. The van der Waals surface area contributed by atoms with Crippen molar-refractivity contribution in [1.29, 1.82) is 5.26 Å². The second-order valence-corrected chi connectivity index (χ2v) is 7.22. The first-order chi connectivity index (χ1) is 12.4. The normalized spacial score (nSPS) is 11.2. The fourth-order valence-corrected chi connectivity index (χ4v) is 3.60. The van der Waals surface area contributed by atoms with E-state index in [-0.39, 0.29) is 21.8 Å². The van der Waals surface area contributed by atoms with Gasteiger partial charge in [-0.15, -0.1) is 0 Å². The number of benzene rings is 2. The van der Waals surface area contributed by atoms with Crippen molar-refractivity contribution in [3.05, 3.63) is 70.1 Å². The molecule has 7 heteroatoms. The van der Waals surface area contributed by atoms with Gasteiger partial charge in [-0.1, -0.05) is 19.4 Å². The Hall–Kier alpha value is -3.11. The molecule has 1 heterocycles. The van der Waals surface area contributed by atoms with Crippen molar-refractivity contribution in [2.24, 2.45) is 0 Å². The molecule has 0 spiro atoms. The van der Waals surface area contributed by atoms with Gasteiger partial charge in [0.05, 0.1) is 11.6 Å². The molecule has 0 radical (unpaired) electrons. The maximum Gasteiger partial charge on any atom is 0.339 e. The topological polar surface area (TPSA) is 97.4 Å². The summed E-state index contributed by atoms with van der Waals surface area (Å²) in [6.45, 7) is 2.00. The highest BCUT2D eigenvalue weighted by Crippen LogP contribution is 2.26. The van der Waals surface area contributed by atoms with Crippen molar-refractivity contribution in [3.8, 4) is 11.8 Å². The van der Waals surface area contributed by atoms with E-state index in [1.165, 1.54) is 42.5 Å². The lowest BCUT2D eigenvalue weighted by molar-refractivity contribution is 0.485. The molecule has 0 fully saturated rings. The second-order valence-electron chi connectivity index (χ2n) is 5.68. The third kappa shape index (κ3) is 3.60. The monoisotopic (exact) mass is 369 g/mol. The fraction of sp³-hybridized carbons (Fsp3) is 0.158. The maximum absolute atomic E-state index is 12.4. The summed E-state index contributed by atoms with van der Waals surface area (Å²) < 4.78 is 35.1. The van der Waals surface area contributed by atoms with Crippen LogP contribution in [-0.2, 0) is 16.5 Å². The Bertz CT molecular complexity index is 1170. The minimum Gasteiger partial charge on any atom is -0.423 e. The number of nitrogens with zero attached hydrogens (tertiary/aromatic N) is 1. The highest BCUT2D eigenvalue weighted by molar-refractivity contribution is 7.87. The Labute approximate surface area is 150 Å². The van der Waals surface area contributed by atoms with E-state index in [1.807, 2.05) is 13.0 Å².